The van der Waals surface area contributed by atoms with Crippen molar-refractivity contribution in [2.24, 2.45) is 0 Å². The summed E-state index contributed by atoms with van der Waals surface area (Å²) in [5.41, 5.74) is 0.551. The number of likely N-dealkylation sites (N-methyl/N-ethyl adjacent to an activating group) is 1. The van der Waals surface area contributed by atoms with Gasteiger partial charge >= 0.3 is 0 Å². The van der Waals surface area contributed by atoms with Gasteiger partial charge in [0, 0.05) is 30.8 Å². The van der Waals surface area contributed by atoms with Crippen molar-refractivity contribution in [3.05, 3.63) is 36.5 Å². The molecule has 118 valence electrons. The Labute approximate surface area is 130 Å². The molecular weight excluding hydrogens is 302 g/mol. The molecule has 6 nitrogen and oxygen atoms in total. The van der Waals surface area contributed by atoms with Crippen LogP contribution >= 0.6 is 0 Å². The zero-order valence-electron chi connectivity index (χ0n) is 12.4. The third-order valence-electron chi connectivity index (χ3n) is 3.94. The van der Waals surface area contributed by atoms with Crippen LogP contribution in [-0.2, 0) is 10.0 Å². The van der Waals surface area contributed by atoms with Crippen LogP contribution in [0.25, 0.3) is 11.3 Å². The van der Waals surface area contributed by atoms with E-state index >= 15 is 0 Å². The zero-order chi connectivity index (χ0) is 15.6. The van der Waals surface area contributed by atoms with Crippen molar-refractivity contribution >= 4 is 10.0 Å². The van der Waals surface area contributed by atoms with Gasteiger partial charge in [0.2, 0.25) is 10.0 Å². The molecule has 1 aliphatic heterocycles. The Bertz CT molecular complexity index is 728. The molecule has 0 saturated carbocycles. The highest BCUT2D eigenvalue weighted by atomic mass is 32.2. The first-order valence-corrected chi connectivity index (χ1v) is 8.75. The van der Waals surface area contributed by atoms with Gasteiger partial charge in [0.15, 0.2) is 5.76 Å². The van der Waals surface area contributed by atoms with E-state index in [2.05, 4.69) is 10.5 Å². The molecule has 1 aromatic heterocycles. The minimum Gasteiger partial charge on any atom is -0.356 e. The number of aromatic nitrogens is 1. The monoisotopic (exact) mass is 321 g/mol. The van der Waals surface area contributed by atoms with Crippen molar-refractivity contribution in [3.8, 4) is 11.3 Å². The number of hydrogen-bond donors (Lipinski definition) is 1. The van der Waals surface area contributed by atoms with Crippen LogP contribution in [-0.4, -0.2) is 44.1 Å². The summed E-state index contributed by atoms with van der Waals surface area (Å²) in [6, 6.07) is 8.57. The molecule has 1 unspecified atom stereocenters. The average Bonchev–Trinajstić information content (AvgIpc) is 3.19. The Morgan fingerprint density at radius 3 is 2.91 bits per heavy atom. The first kappa shape index (κ1) is 15.2. The van der Waals surface area contributed by atoms with Gasteiger partial charge in [-0.15, -0.1) is 0 Å². The van der Waals surface area contributed by atoms with E-state index in [1.165, 1.54) is 6.20 Å². The fraction of sp³-hybridized carbons (Fsp3) is 0.400. The fourth-order valence-corrected chi connectivity index (χ4v) is 4.83. The van der Waals surface area contributed by atoms with Gasteiger partial charge in [-0.05, 0) is 32.0 Å². The van der Waals surface area contributed by atoms with Crippen LogP contribution < -0.4 is 5.32 Å². The van der Waals surface area contributed by atoms with E-state index in [0.717, 1.165) is 12.8 Å². The van der Waals surface area contributed by atoms with Crippen LogP contribution in [0.4, 0.5) is 0 Å². The molecule has 1 saturated heterocycles. The number of nitrogens with one attached hydrogen (secondary N) is 1. The Morgan fingerprint density at radius 2 is 2.18 bits per heavy atom. The molecule has 1 N–H and O–H groups in total. The lowest BCUT2D eigenvalue weighted by Crippen LogP contribution is -2.40. The molecular formula is C15H19N3O3S. The first-order chi connectivity index (χ1) is 10.6. The van der Waals surface area contributed by atoms with Gasteiger partial charge in [-0.25, -0.2) is 8.42 Å². The largest absolute Gasteiger partial charge is 0.356 e. The summed E-state index contributed by atoms with van der Waals surface area (Å²) < 4.78 is 32.9. The maximum Gasteiger partial charge on any atom is 0.244 e. The molecule has 1 fully saturated rings. The lowest BCUT2D eigenvalue weighted by atomic mass is 10.2. The molecule has 0 bridgehead atoms. The van der Waals surface area contributed by atoms with Gasteiger partial charge in [0.05, 0.1) is 11.1 Å². The molecule has 0 aliphatic carbocycles. The third kappa shape index (κ3) is 2.67. The lowest BCUT2D eigenvalue weighted by Gasteiger charge is -2.24. The van der Waals surface area contributed by atoms with Gasteiger partial charge < -0.3 is 9.84 Å². The standard InChI is InChI=1S/C15H19N3O3S/c1-16-11-12-5-4-10-18(12)22(19,20)15-7-3-2-6-13(15)14-8-9-17-21-14/h2-3,6-9,12,16H,4-5,10-11H2,1H3. The van der Waals surface area contributed by atoms with E-state index in [1.54, 1.807) is 34.6 Å². The summed E-state index contributed by atoms with van der Waals surface area (Å²) >= 11 is 0. The Balaban J connectivity index is 2.03. The lowest BCUT2D eigenvalue weighted by molar-refractivity contribution is 0.379. The van der Waals surface area contributed by atoms with Crippen LogP contribution in [0.15, 0.2) is 45.9 Å². The van der Waals surface area contributed by atoms with Gasteiger partial charge in [0.25, 0.3) is 0 Å². The van der Waals surface area contributed by atoms with Crippen LogP contribution in [0.1, 0.15) is 12.8 Å². The summed E-state index contributed by atoms with van der Waals surface area (Å²) in [5.74, 6) is 0.462. The molecule has 2 aromatic rings. The molecule has 2 heterocycles. The van der Waals surface area contributed by atoms with E-state index < -0.39 is 10.0 Å². The average molecular weight is 321 g/mol. The Morgan fingerprint density at radius 1 is 1.36 bits per heavy atom. The minimum absolute atomic E-state index is 0.00205. The van der Waals surface area contributed by atoms with Crippen LogP contribution in [0, 0.1) is 0 Å². The number of nitrogens with zero attached hydrogens (tertiary/aromatic N) is 2. The molecule has 1 aromatic carbocycles. The van der Waals surface area contributed by atoms with E-state index in [0.29, 0.717) is 24.4 Å². The van der Waals surface area contributed by atoms with Gasteiger partial charge in [-0.2, -0.15) is 4.31 Å². The zero-order valence-corrected chi connectivity index (χ0v) is 13.2. The summed E-state index contributed by atoms with van der Waals surface area (Å²) in [6.07, 6.45) is 3.28. The van der Waals surface area contributed by atoms with Crippen molar-refractivity contribution in [2.45, 2.75) is 23.8 Å². The quantitative estimate of drug-likeness (QED) is 0.907. The van der Waals surface area contributed by atoms with Gasteiger partial charge in [-0.1, -0.05) is 17.3 Å². The maximum atomic E-state index is 13.1. The van der Waals surface area contributed by atoms with Crippen LogP contribution in [0.2, 0.25) is 0 Å². The molecule has 0 spiro atoms. The van der Waals surface area contributed by atoms with Crippen molar-refractivity contribution in [1.82, 2.24) is 14.8 Å². The maximum absolute atomic E-state index is 13.1. The van der Waals surface area contributed by atoms with E-state index in [-0.39, 0.29) is 10.9 Å². The summed E-state index contributed by atoms with van der Waals surface area (Å²) in [5, 5.41) is 6.74. The molecule has 0 radical (unpaired) electrons. The Kier molecular flexibility index (Phi) is 4.28. The van der Waals surface area contributed by atoms with Crippen LogP contribution in [0.3, 0.4) is 0 Å². The number of sulfonamides is 1. The van der Waals surface area contributed by atoms with Crippen LogP contribution in [0.5, 0.6) is 0 Å². The van der Waals surface area contributed by atoms with Crippen molar-refractivity contribution < 1.29 is 12.9 Å². The summed E-state index contributed by atoms with van der Waals surface area (Å²) in [4.78, 5) is 0.273. The molecule has 1 aliphatic rings. The molecule has 22 heavy (non-hydrogen) atoms. The molecule has 0 amide bonds. The highest BCUT2D eigenvalue weighted by Gasteiger charge is 2.36. The van der Waals surface area contributed by atoms with E-state index in [4.69, 9.17) is 4.52 Å². The molecule has 3 rings (SSSR count). The predicted octanol–water partition coefficient (Wildman–Crippen LogP) is 1.71. The number of benzene rings is 1. The van der Waals surface area contributed by atoms with Crippen molar-refractivity contribution in [2.75, 3.05) is 20.1 Å². The Hall–Kier alpha value is -1.70. The van der Waals surface area contributed by atoms with Gasteiger partial charge in [0.1, 0.15) is 0 Å². The number of rotatable bonds is 5. The van der Waals surface area contributed by atoms with E-state index in [9.17, 15) is 8.42 Å². The normalized spacial score (nSPS) is 19.6. The molecule has 1 atom stereocenters. The minimum atomic E-state index is -3.56. The topological polar surface area (TPSA) is 75.4 Å². The SMILES string of the molecule is CNCC1CCCN1S(=O)(=O)c1ccccc1-c1ccno1. The fourth-order valence-electron chi connectivity index (χ4n) is 2.94. The van der Waals surface area contributed by atoms with Crippen molar-refractivity contribution in [3.63, 3.8) is 0 Å². The smallest absolute Gasteiger partial charge is 0.244 e. The molecule has 7 heteroatoms. The van der Waals surface area contributed by atoms with E-state index in [1.807, 2.05) is 7.05 Å². The third-order valence-corrected chi connectivity index (χ3v) is 5.95. The second kappa shape index (κ2) is 6.20. The summed E-state index contributed by atoms with van der Waals surface area (Å²) in [6.45, 7) is 1.21. The highest BCUT2D eigenvalue weighted by molar-refractivity contribution is 7.89. The number of hydrogen-bond acceptors (Lipinski definition) is 5. The van der Waals surface area contributed by atoms with Gasteiger partial charge in [-0.3, -0.25) is 0 Å². The second-order valence-electron chi connectivity index (χ2n) is 5.34. The van der Waals surface area contributed by atoms with Crippen molar-refractivity contribution in [1.29, 1.82) is 0 Å². The second-order valence-corrected chi connectivity index (χ2v) is 7.20. The predicted molar refractivity (Wildman–Crippen MR) is 82.8 cm³/mol. The summed E-state index contributed by atoms with van der Waals surface area (Å²) in [7, 11) is -1.72. The first-order valence-electron chi connectivity index (χ1n) is 7.31. The highest BCUT2D eigenvalue weighted by Crippen LogP contribution is 2.32.